The second-order valence-electron chi connectivity index (χ2n) is 4.87. The minimum absolute atomic E-state index is 0.0279. The van der Waals surface area contributed by atoms with Gasteiger partial charge in [-0.15, -0.1) is 0 Å². The second kappa shape index (κ2) is 6.50. The van der Waals surface area contributed by atoms with E-state index in [0.29, 0.717) is 22.6 Å². The molecule has 2 aromatic rings. The lowest BCUT2D eigenvalue weighted by atomic mass is 9.92. The molecule has 0 saturated carbocycles. The summed E-state index contributed by atoms with van der Waals surface area (Å²) in [6.07, 6.45) is 0.307. The monoisotopic (exact) mass is 303 g/mol. The van der Waals surface area contributed by atoms with Gasteiger partial charge in [0.25, 0.3) is 5.69 Å². The van der Waals surface area contributed by atoms with Crippen LogP contribution >= 0.6 is 11.6 Å². The van der Waals surface area contributed by atoms with Crippen LogP contribution in [0.25, 0.3) is 0 Å². The molecule has 0 spiro atoms. The summed E-state index contributed by atoms with van der Waals surface area (Å²) in [7, 11) is 0. The Balaban J connectivity index is 2.22. The van der Waals surface area contributed by atoms with Crippen LogP contribution in [-0.4, -0.2) is 10.7 Å². The molecule has 1 unspecified atom stereocenters. The molecule has 1 atom stereocenters. The molecule has 0 amide bonds. The Bertz CT molecular complexity index is 670. The highest BCUT2D eigenvalue weighted by atomic mass is 35.5. The largest absolute Gasteiger partial charge is 0.294 e. The van der Waals surface area contributed by atoms with E-state index in [1.54, 1.807) is 43.3 Å². The van der Waals surface area contributed by atoms with Crippen LogP contribution < -0.4 is 0 Å². The van der Waals surface area contributed by atoms with Gasteiger partial charge >= 0.3 is 0 Å². The summed E-state index contributed by atoms with van der Waals surface area (Å²) in [6.45, 7) is 1.77. The lowest BCUT2D eigenvalue weighted by molar-refractivity contribution is -0.385. The number of nitro groups is 1. The van der Waals surface area contributed by atoms with E-state index in [-0.39, 0.29) is 17.4 Å². The van der Waals surface area contributed by atoms with Gasteiger partial charge in [0.05, 0.1) is 4.92 Å². The zero-order valence-electron chi connectivity index (χ0n) is 11.5. The maximum absolute atomic E-state index is 12.3. The lowest BCUT2D eigenvalue weighted by Gasteiger charge is -2.11. The number of carbonyl (C=O) groups excluding carboxylic acids is 1. The Morgan fingerprint density at radius 1 is 1.24 bits per heavy atom. The van der Waals surface area contributed by atoms with Gasteiger partial charge in [-0.2, -0.15) is 0 Å². The maximum Gasteiger partial charge on any atom is 0.274 e. The van der Waals surface area contributed by atoms with Gasteiger partial charge in [-0.05, 0) is 12.5 Å². The minimum Gasteiger partial charge on any atom is -0.294 e. The Hall–Kier alpha value is -2.20. The zero-order valence-corrected chi connectivity index (χ0v) is 12.2. The first-order chi connectivity index (χ1) is 9.99. The number of carbonyl (C=O) groups is 1. The number of rotatable bonds is 5. The van der Waals surface area contributed by atoms with Crippen molar-refractivity contribution >= 4 is 23.1 Å². The van der Waals surface area contributed by atoms with Crippen LogP contribution in [0.5, 0.6) is 0 Å². The Labute approximate surface area is 127 Å². The fourth-order valence-corrected chi connectivity index (χ4v) is 2.36. The topological polar surface area (TPSA) is 60.2 Å². The van der Waals surface area contributed by atoms with Gasteiger partial charge in [-0.3, -0.25) is 14.9 Å². The predicted octanol–water partition coefficient (Wildman–Crippen LogP) is 4.31. The van der Waals surface area contributed by atoms with Crippen molar-refractivity contribution in [1.29, 1.82) is 0 Å². The summed E-state index contributed by atoms with van der Waals surface area (Å²) in [5, 5.41) is 11.4. The molecule has 4 nitrogen and oxygen atoms in total. The van der Waals surface area contributed by atoms with Crippen LogP contribution in [0, 0.1) is 16.0 Å². The number of ketones is 1. The molecular weight excluding hydrogens is 290 g/mol. The first-order valence-corrected chi connectivity index (χ1v) is 6.89. The number of Topliss-reactive ketones (excluding diaryl/α,β-unsaturated/α-hetero) is 1. The van der Waals surface area contributed by atoms with E-state index in [0.717, 1.165) is 0 Å². The highest BCUT2D eigenvalue weighted by molar-refractivity contribution is 6.30. The molecule has 108 valence electrons. The SMILES string of the molecule is CC(Cc1ccc(Cl)cc1[N+](=O)[O-])C(=O)c1ccccc1. The molecule has 0 radical (unpaired) electrons. The van der Waals surface area contributed by atoms with Crippen molar-refractivity contribution in [2.45, 2.75) is 13.3 Å². The summed E-state index contributed by atoms with van der Waals surface area (Å²) < 4.78 is 0. The molecule has 0 fully saturated rings. The zero-order chi connectivity index (χ0) is 15.4. The van der Waals surface area contributed by atoms with Crippen molar-refractivity contribution in [3.8, 4) is 0 Å². The molecule has 0 N–H and O–H groups in total. The Morgan fingerprint density at radius 3 is 2.52 bits per heavy atom. The predicted molar refractivity (Wildman–Crippen MR) is 81.7 cm³/mol. The summed E-state index contributed by atoms with van der Waals surface area (Å²) >= 11 is 5.78. The highest BCUT2D eigenvalue weighted by Gasteiger charge is 2.21. The minimum atomic E-state index is -0.471. The van der Waals surface area contributed by atoms with E-state index in [1.807, 2.05) is 6.07 Å². The molecular formula is C16H14ClNO3. The summed E-state index contributed by atoms with van der Waals surface area (Å²) in [6, 6.07) is 13.4. The van der Waals surface area contributed by atoms with E-state index in [4.69, 9.17) is 11.6 Å². The van der Waals surface area contributed by atoms with Gasteiger partial charge < -0.3 is 0 Å². The molecule has 0 aliphatic rings. The van der Waals surface area contributed by atoms with Crippen molar-refractivity contribution in [2.24, 2.45) is 5.92 Å². The Kier molecular flexibility index (Phi) is 4.70. The van der Waals surface area contributed by atoms with E-state index >= 15 is 0 Å². The van der Waals surface area contributed by atoms with Crippen molar-refractivity contribution in [3.05, 3.63) is 74.8 Å². The first-order valence-electron chi connectivity index (χ1n) is 6.51. The Morgan fingerprint density at radius 2 is 1.90 bits per heavy atom. The van der Waals surface area contributed by atoms with Gasteiger partial charge in [0, 0.05) is 28.1 Å². The molecule has 21 heavy (non-hydrogen) atoms. The third kappa shape index (κ3) is 3.67. The maximum atomic E-state index is 12.3. The fourth-order valence-electron chi connectivity index (χ4n) is 2.19. The van der Waals surface area contributed by atoms with Crippen molar-refractivity contribution in [2.75, 3.05) is 0 Å². The normalized spacial score (nSPS) is 11.9. The molecule has 0 aliphatic heterocycles. The van der Waals surface area contributed by atoms with Crippen LogP contribution in [0.15, 0.2) is 48.5 Å². The molecule has 0 aliphatic carbocycles. The third-order valence-corrected chi connectivity index (χ3v) is 3.51. The first kappa shape index (κ1) is 15.2. The number of hydrogen-bond acceptors (Lipinski definition) is 3. The summed E-state index contributed by atoms with van der Waals surface area (Å²) in [5.74, 6) is -0.368. The third-order valence-electron chi connectivity index (χ3n) is 3.28. The van der Waals surface area contributed by atoms with Crippen LogP contribution in [-0.2, 0) is 6.42 Å². The molecule has 5 heteroatoms. The van der Waals surface area contributed by atoms with Gasteiger partial charge in [0.15, 0.2) is 5.78 Å². The molecule has 0 aromatic heterocycles. The fraction of sp³-hybridized carbons (Fsp3) is 0.188. The quantitative estimate of drug-likeness (QED) is 0.470. The second-order valence-corrected chi connectivity index (χ2v) is 5.30. The highest BCUT2D eigenvalue weighted by Crippen LogP contribution is 2.26. The molecule has 2 aromatic carbocycles. The summed E-state index contributed by atoms with van der Waals surface area (Å²) in [5.41, 5.74) is 1.08. The number of hydrogen-bond donors (Lipinski definition) is 0. The van der Waals surface area contributed by atoms with E-state index in [9.17, 15) is 14.9 Å². The van der Waals surface area contributed by atoms with Crippen molar-refractivity contribution in [3.63, 3.8) is 0 Å². The average Bonchev–Trinajstić information content (AvgIpc) is 2.49. The number of nitrogens with zero attached hydrogens (tertiary/aromatic N) is 1. The average molecular weight is 304 g/mol. The van der Waals surface area contributed by atoms with Crippen LogP contribution in [0.3, 0.4) is 0 Å². The van der Waals surface area contributed by atoms with Crippen molar-refractivity contribution in [1.82, 2.24) is 0 Å². The van der Waals surface area contributed by atoms with E-state index in [2.05, 4.69) is 0 Å². The lowest BCUT2D eigenvalue weighted by Crippen LogP contribution is -2.14. The summed E-state index contributed by atoms with van der Waals surface area (Å²) in [4.78, 5) is 22.9. The van der Waals surface area contributed by atoms with Gasteiger partial charge in [-0.25, -0.2) is 0 Å². The van der Waals surface area contributed by atoms with Crippen LogP contribution in [0.2, 0.25) is 5.02 Å². The van der Waals surface area contributed by atoms with Crippen molar-refractivity contribution < 1.29 is 9.72 Å². The van der Waals surface area contributed by atoms with Gasteiger partial charge in [0.2, 0.25) is 0 Å². The molecule has 0 saturated heterocycles. The van der Waals surface area contributed by atoms with E-state index in [1.165, 1.54) is 6.07 Å². The van der Waals surface area contributed by atoms with Crippen LogP contribution in [0.1, 0.15) is 22.8 Å². The van der Waals surface area contributed by atoms with E-state index < -0.39 is 4.92 Å². The molecule has 0 heterocycles. The van der Waals surface area contributed by atoms with Crippen LogP contribution in [0.4, 0.5) is 5.69 Å². The van der Waals surface area contributed by atoms with Gasteiger partial charge in [-0.1, -0.05) is 54.9 Å². The molecule has 2 rings (SSSR count). The smallest absolute Gasteiger partial charge is 0.274 e. The van der Waals surface area contributed by atoms with Gasteiger partial charge in [0.1, 0.15) is 0 Å². The molecule has 0 bridgehead atoms. The number of nitro benzene ring substituents is 1. The number of halogens is 1. The number of benzene rings is 2. The standard InChI is InChI=1S/C16H14ClNO3/c1-11(16(19)12-5-3-2-4-6-12)9-13-7-8-14(17)10-15(13)18(20)21/h2-8,10-11H,9H2,1H3.